The molecule has 1 saturated heterocycles. The van der Waals surface area contributed by atoms with Crippen molar-refractivity contribution in [1.82, 2.24) is 20.2 Å². The molecule has 6 heteroatoms. The van der Waals surface area contributed by atoms with Gasteiger partial charge in [-0.3, -0.25) is 4.79 Å². The number of nitrogens with one attached hydrogen (secondary N) is 1. The van der Waals surface area contributed by atoms with E-state index in [4.69, 9.17) is 9.72 Å². The molecule has 6 nitrogen and oxygen atoms in total. The first-order valence-electron chi connectivity index (χ1n) is 10.6. The smallest absolute Gasteiger partial charge is 0.263 e. The summed E-state index contributed by atoms with van der Waals surface area (Å²) in [6.07, 6.45) is 4.48. The van der Waals surface area contributed by atoms with Gasteiger partial charge in [0.1, 0.15) is 11.6 Å². The highest BCUT2D eigenvalue weighted by Crippen LogP contribution is 2.25. The minimum absolute atomic E-state index is 0.0104. The number of aromatic nitrogens is 2. The summed E-state index contributed by atoms with van der Waals surface area (Å²) in [4.78, 5) is 24.3. The number of benzene rings is 1. The molecule has 2 aliphatic heterocycles. The maximum Gasteiger partial charge on any atom is 0.263 e. The van der Waals surface area contributed by atoms with E-state index in [1.54, 1.807) is 0 Å². The van der Waals surface area contributed by atoms with Gasteiger partial charge in [-0.1, -0.05) is 17.7 Å². The summed E-state index contributed by atoms with van der Waals surface area (Å²) in [6, 6.07) is 6.02. The number of rotatable bonds is 4. The van der Waals surface area contributed by atoms with Crippen LogP contribution < -0.4 is 10.1 Å². The van der Waals surface area contributed by atoms with Gasteiger partial charge in [-0.25, -0.2) is 9.97 Å². The Kier molecular flexibility index (Phi) is 5.81. The molecule has 0 bridgehead atoms. The van der Waals surface area contributed by atoms with E-state index in [9.17, 15) is 4.79 Å². The van der Waals surface area contributed by atoms with E-state index in [1.807, 2.05) is 37.1 Å². The van der Waals surface area contributed by atoms with Crippen molar-refractivity contribution in [3.63, 3.8) is 0 Å². The van der Waals surface area contributed by atoms with Crippen LogP contribution in [-0.4, -0.2) is 46.5 Å². The number of fused-ring (bicyclic) bond motifs is 1. The zero-order valence-electron chi connectivity index (χ0n) is 17.6. The predicted octanol–water partition coefficient (Wildman–Crippen LogP) is 2.91. The maximum atomic E-state index is 13.0. The summed E-state index contributed by atoms with van der Waals surface area (Å²) in [7, 11) is 0. The molecule has 0 radical (unpaired) electrons. The van der Waals surface area contributed by atoms with Crippen molar-refractivity contribution in [2.75, 3.05) is 19.6 Å². The van der Waals surface area contributed by atoms with Crippen LogP contribution >= 0.6 is 0 Å². The number of ether oxygens (including phenoxy) is 1. The molecule has 0 saturated carbocycles. The number of amides is 1. The molecule has 154 valence electrons. The SMILES string of the molecule is Cc1ccc(OC(C)C(=O)N2CCc3nc(C4CCCNC4)ncc3C2)c(C)c1. The standard InChI is InChI=1S/C23H30N4O2/c1-15-6-7-21(16(2)11-15)29-17(3)23(28)27-10-8-20-19(14-27)13-25-22(26-20)18-5-4-9-24-12-18/h6-7,11,13,17-18,24H,4-5,8-10,12,14H2,1-3H3. The van der Waals surface area contributed by atoms with Gasteiger partial charge in [-0.2, -0.15) is 0 Å². The van der Waals surface area contributed by atoms with Crippen molar-refractivity contribution in [3.05, 3.63) is 52.6 Å². The van der Waals surface area contributed by atoms with Gasteiger partial charge in [0, 0.05) is 43.7 Å². The Hall–Kier alpha value is -2.47. The molecular formula is C23H30N4O2. The monoisotopic (exact) mass is 394 g/mol. The molecular weight excluding hydrogens is 364 g/mol. The third kappa shape index (κ3) is 4.42. The lowest BCUT2D eigenvalue weighted by Gasteiger charge is -2.31. The van der Waals surface area contributed by atoms with Crippen LogP contribution in [0.25, 0.3) is 0 Å². The van der Waals surface area contributed by atoms with Crippen molar-refractivity contribution in [2.45, 2.75) is 58.6 Å². The van der Waals surface area contributed by atoms with Crippen LogP contribution in [0.2, 0.25) is 0 Å². The topological polar surface area (TPSA) is 67.3 Å². The summed E-state index contributed by atoms with van der Waals surface area (Å²) in [5.74, 6) is 2.13. The average Bonchev–Trinajstić information content (AvgIpc) is 2.75. The number of carbonyl (C=O) groups excluding carboxylic acids is 1. The molecule has 1 fully saturated rings. The van der Waals surface area contributed by atoms with Crippen LogP contribution in [0.4, 0.5) is 0 Å². The fraction of sp³-hybridized carbons (Fsp3) is 0.522. The zero-order chi connectivity index (χ0) is 20.4. The Bertz CT molecular complexity index is 892. The zero-order valence-corrected chi connectivity index (χ0v) is 17.6. The Morgan fingerprint density at radius 1 is 1.34 bits per heavy atom. The summed E-state index contributed by atoms with van der Waals surface area (Å²) in [6.45, 7) is 9.15. The molecule has 1 N–H and O–H groups in total. The molecule has 2 unspecified atom stereocenters. The van der Waals surface area contributed by atoms with Crippen molar-refractivity contribution >= 4 is 5.91 Å². The highest BCUT2D eigenvalue weighted by Gasteiger charge is 2.28. The van der Waals surface area contributed by atoms with Crippen molar-refractivity contribution in [3.8, 4) is 5.75 Å². The summed E-state index contributed by atoms with van der Waals surface area (Å²) < 4.78 is 5.97. The highest BCUT2D eigenvalue weighted by molar-refractivity contribution is 5.81. The number of piperidine rings is 1. The molecule has 3 heterocycles. The number of carbonyl (C=O) groups is 1. The molecule has 1 aromatic heterocycles. The maximum absolute atomic E-state index is 13.0. The normalized spacial score (nSPS) is 20.1. The quantitative estimate of drug-likeness (QED) is 0.864. The average molecular weight is 395 g/mol. The van der Waals surface area contributed by atoms with E-state index >= 15 is 0 Å². The van der Waals surface area contributed by atoms with Crippen molar-refractivity contribution in [2.24, 2.45) is 0 Å². The van der Waals surface area contributed by atoms with E-state index in [1.165, 1.54) is 12.0 Å². The Labute approximate surface area is 172 Å². The molecule has 0 aliphatic carbocycles. The lowest BCUT2D eigenvalue weighted by molar-refractivity contribution is -0.138. The van der Waals surface area contributed by atoms with Gasteiger partial charge in [0.05, 0.1) is 5.69 Å². The predicted molar refractivity (Wildman–Crippen MR) is 112 cm³/mol. The largest absolute Gasteiger partial charge is 0.481 e. The second kappa shape index (κ2) is 8.49. The van der Waals surface area contributed by atoms with E-state index in [-0.39, 0.29) is 5.91 Å². The van der Waals surface area contributed by atoms with Crippen LogP contribution in [0.3, 0.4) is 0 Å². The molecule has 1 amide bonds. The van der Waals surface area contributed by atoms with Crippen LogP contribution in [0.5, 0.6) is 5.75 Å². The van der Waals surface area contributed by atoms with Gasteiger partial charge in [0.25, 0.3) is 5.91 Å². The molecule has 2 aromatic rings. The second-order valence-corrected chi connectivity index (χ2v) is 8.28. The van der Waals surface area contributed by atoms with Gasteiger partial charge in [-0.15, -0.1) is 0 Å². The summed E-state index contributed by atoms with van der Waals surface area (Å²) in [5, 5.41) is 3.43. The van der Waals surface area contributed by atoms with Crippen LogP contribution in [0.15, 0.2) is 24.4 Å². The van der Waals surface area contributed by atoms with Crippen molar-refractivity contribution < 1.29 is 9.53 Å². The van der Waals surface area contributed by atoms with E-state index in [0.29, 0.717) is 19.0 Å². The molecule has 2 aliphatic rings. The van der Waals surface area contributed by atoms with Crippen molar-refractivity contribution in [1.29, 1.82) is 0 Å². The van der Waals surface area contributed by atoms with Gasteiger partial charge < -0.3 is 15.0 Å². The number of aryl methyl sites for hydroxylation is 2. The van der Waals surface area contributed by atoms with E-state index in [0.717, 1.165) is 54.3 Å². The Morgan fingerprint density at radius 2 is 2.21 bits per heavy atom. The van der Waals surface area contributed by atoms with E-state index in [2.05, 4.69) is 23.3 Å². The first-order chi connectivity index (χ1) is 14.0. The first kappa shape index (κ1) is 19.8. The third-order valence-electron chi connectivity index (χ3n) is 5.91. The van der Waals surface area contributed by atoms with Crippen LogP contribution in [0, 0.1) is 13.8 Å². The lowest BCUT2D eigenvalue weighted by Crippen LogP contribution is -2.43. The summed E-state index contributed by atoms with van der Waals surface area (Å²) >= 11 is 0. The third-order valence-corrected chi connectivity index (χ3v) is 5.91. The number of nitrogens with zero attached hydrogens (tertiary/aromatic N) is 3. The van der Waals surface area contributed by atoms with Gasteiger partial charge in [0.2, 0.25) is 0 Å². The highest BCUT2D eigenvalue weighted by atomic mass is 16.5. The van der Waals surface area contributed by atoms with Gasteiger partial charge in [-0.05, 0) is 51.8 Å². The lowest BCUT2D eigenvalue weighted by atomic mass is 9.98. The van der Waals surface area contributed by atoms with Gasteiger partial charge in [0.15, 0.2) is 6.10 Å². The molecule has 0 spiro atoms. The van der Waals surface area contributed by atoms with E-state index < -0.39 is 6.10 Å². The number of hydrogen-bond acceptors (Lipinski definition) is 5. The molecule has 4 rings (SSSR count). The second-order valence-electron chi connectivity index (χ2n) is 8.28. The number of hydrogen-bond donors (Lipinski definition) is 1. The molecule has 1 aromatic carbocycles. The minimum atomic E-state index is -0.522. The fourth-order valence-corrected chi connectivity index (χ4v) is 4.22. The molecule has 29 heavy (non-hydrogen) atoms. The minimum Gasteiger partial charge on any atom is -0.481 e. The fourth-order valence-electron chi connectivity index (χ4n) is 4.22. The Balaban J connectivity index is 1.41. The van der Waals surface area contributed by atoms with Crippen LogP contribution in [0.1, 0.15) is 53.9 Å². The first-order valence-corrected chi connectivity index (χ1v) is 10.6. The molecule has 2 atom stereocenters. The Morgan fingerprint density at radius 3 is 2.97 bits per heavy atom. The summed E-state index contributed by atoms with van der Waals surface area (Å²) in [5.41, 5.74) is 4.38. The van der Waals surface area contributed by atoms with Crippen LogP contribution in [-0.2, 0) is 17.8 Å². The van der Waals surface area contributed by atoms with Gasteiger partial charge >= 0.3 is 0 Å².